The lowest BCUT2D eigenvalue weighted by molar-refractivity contribution is 0.245. The van der Waals surface area contributed by atoms with Gasteiger partial charge < -0.3 is 0 Å². The van der Waals surface area contributed by atoms with Gasteiger partial charge >= 0.3 is 0 Å². The maximum absolute atomic E-state index is 12.3. The Labute approximate surface area is 115 Å². The fourth-order valence-corrected chi connectivity index (χ4v) is 4.88. The first kappa shape index (κ1) is 12.8. The zero-order valence-electron chi connectivity index (χ0n) is 10.2. The molecule has 102 valence electrons. The molecular weight excluding hydrogens is 284 g/mol. The van der Waals surface area contributed by atoms with E-state index in [2.05, 4.69) is 10.2 Å². The molecule has 0 amide bonds. The minimum atomic E-state index is -3.31. The molecular formula is C11H14N4O2S2. The lowest BCUT2D eigenvalue weighted by atomic mass is 10.1. The van der Waals surface area contributed by atoms with Gasteiger partial charge in [-0.2, -0.15) is 19.3 Å². The predicted octanol–water partition coefficient (Wildman–Crippen LogP) is 1.37. The minimum Gasteiger partial charge on any atom is -0.206 e. The van der Waals surface area contributed by atoms with Crippen LogP contribution in [0.15, 0.2) is 34.1 Å². The molecule has 0 N–H and O–H groups in total. The van der Waals surface area contributed by atoms with Crippen LogP contribution in [0, 0.1) is 0 Å². The zero-order valence-corrected chi connectivity index (χ0v) is 11.8. The Morgan fingerprint density at radius 2 is 1.89 bits per heavy atom. The second kappa shape index (κ2) is 5.03. The van der Waals surface area contributed by atoms with Crippen molar-refractivity contribution in [2.45, 2.75) is 23.1 Å². The normalized spacial score (nSPS) is 18.7. The summed E-state index contributed by atoms with van der Waals surface area (Å²) in [6.45, 7) is 1.04. The Morgan fingerprint density at radius 1 is 1.21 bits per heavy atom. The molecule has 0 spiro atoms. The molecule has 0 aliphatic carbocycles. The summed E-state index contributed by atoms with van der Waals surface area (Å²) >= 11 is 1.26. The van der Waals surface area contributed by atoms with Gasteiger partial charge in [0.25, 0.3) is 10.0 Å². The first-order valence-corrected chi connectivity index (χ1v) is 8.39. The first-order chi connectivity index (χ1) is 9.18. The second-order valence-electron chi connectivity index (χ2n) is 4.42. The van der Waals surface area contributed by atoms with Crippen LogP contribution in [-0.2, 0) is 10.0 Å². The summed E-state index contributed by atoms with van der Waals surface area (Å²) in [6, 6.07) is 3.61. The molecule has 1 aliphatic heterocycles. The molecule has 1 saturated heterocycles. The lowest BCUT2D eigenvalue weighted by Gasteiger charge is -2.30. The van der Waals surface area contributed by atoms with Crippen molar-refractivity contribution in [1.82, 2.24) is 19.3 Å². The van der Waals surface area contributed by atoms with Crippen LogP contribution in [0.25, 0.3) is 0 Å². The third-order valence-electron chi connectivity index (χ3n) is 3.28. The average Bonchev–Trinajstić information content (AvgIpc) is 3.12. The van der Waals surface area contributed by atoms with Gasteiger partial charge in [-0.25, -0.2) is 8.42 Å². The van der Waals surface area contributed by atoms with Crippen molar-refractivity contribution in [1.29, 1.82) is 0 Å². The van der Waals surface area contributed by atoms with Crippen molar-refractivity contribution in [3.05, 3.63) is 29.9 Å². The van der Waals surface area contributed by atoms with Crippen LogP contribution in [0.1, 0.15) is 18.9 Å². The smallest absolute Gasteiger partial charge is 0.206 e. The fourth-order valence-electron chi connectivity index (χ4n) is 2.27. The Morgan fingerprint density at radius 3 is 2.47 bits per heavy atom. The lowest BCUT2D eigenvalue weighted by Crippen LogP contribution is -2.39. The van der Waals surface area contributed by atoms with Gasteiger partial charge in [0.1, 0.15) is 4.21 Å². The van der Waals surface area contributed by atoms with Gasteiger partial charge in [-0.15, -0.1) is 11.3 Å². The molecule has 19 heavy (non-hydrogen) atoms. The monoisotopic (exact) mass is 298 g/mol. The van der Waals surface area contributed by atoms with Gasteiger partial charge in [0.2, 0.25) is 0 Å². The molecule has 3 rings (SSSR count). The summed E-state index contributed by atoms with van der Waals surface area (Å²) in [5.41, 5.74) is 0. The van der Waals surface area contributed by atoms with E-state index in [1.54, 1.807) is 39.0 Å². The molecule has 3 heterocycles. The third-order valence-corrected chi connectivity index (χ3v) is 6.55. The standard InChI is InChI=1S/C11H14N4O2S2/c16-19(17,11-2-1-9-18-11)14-7-3-10(4-8-14)15-12-5-6-13-15/h1-2,5-6,9-10H,3-4,7-8H2. The number of thiophene rings is 1. The van der Waals surface area contributed by atoms with E-state index in [9.17, 15) is 8.42 Å². The molecule has 0 bridgehead atoms. The molecule has 0 atom stereocenters. The number of piperidine rings is 1. The van der Waals surface area contributed by atoms with E-state index < -0.39 is 10.0 Å². The molecule has 0 aromatic carbocycles. The maximum Gasteiger partial charge on any atom is 0.252 e. The van der Waals surface area contributed by atoms with Crippen molar-refractivity contribution >= 4 is 21.4 Å². The second-order valence-corrected chi connectivity index (χ2v) is 7.53. The molecule has 2 aromatic rings. The van der Waals surface area contributed by atoms with Gasteiger partial charge in [-0.3, -0.25) is 0 Å². The van der Waals surface area contributed by atoms with E-state index in [1.807, 2.05) is 0 Å². The van der Waals surface area contributed by atoms with Crippen LogP contribution in [0.5, 0.6) is 0 Å². The predicted molar refractivity (Wildman–Crippen MR) is 71.4 cm³/mol. The Kier molecular flexibility index (Phi) is 3.38. The van der Waals surface area contributed by atoms with E-state index >= 15 is 0 Å². The third kappa shape index (κ3) is 2.43. The molecule has 1 fully saturated rings. The number of rotatable bonds is 3. The van der Waals surface area contributed by atoms with Gasteiger partial charge in [0, 0.05) is 13.1 Å². The Hall–Kier alpha value is -1.25. The summed E-state index contributed by atoms with van der Waals surface area (Å²) in [5, 5.41) is 10.0. The summed E-state index contributed by atoms with van der Waals surface area (Å²) in [7, 11) is -3.31. The summed E-state index contributed by atoms with van der Waals surface area (Å²) < 4.78 is 26.7. The van der Waals surface area contributed by atoms with E-state index in [-0.39, 0.29) is 6.04 Å². The van der Waals surface area contributed by atoms with Crippen molar-refractivity contribution in [3.8, 4) is 0 Å². The van der Waals surface area contributed by atoms with Gasteiger partial charge in [-0.1, -0.05) is 6.07 Å². The maximum atomic E-state index is 12.3. The molecule has 6 nitrogen and oxygen atoms in total. The topological polar surface area (TPSA) is 68.1 Å². The summed E-state index contributed by atoms with van der Waals surface area (Å²) in [4.78, 5) is 1.68. The highest BCUT2D eigenvalue weighted by atomic mass is 32.2. The van der Waals surface area contributed by atoms with Gasteiger partial charge in [0.05, 0.1) is 18.4 Å². The van der Waals surface area contributed by atoms with Crippen LogP contribution < -0.4 is 0 Å². The van der Waals surface area contributed by atoms with E-state index in [0.717, 1.165) is 12.8 Å². The molecule has 0 unspecified atom stereocenters. The van der Waals surface area contributed by atoms with Crippen molar-refractivity contribution in [2.24, 2.45) is 0 Å². The number of hydrogen-bond donors (Lipinski definition) is 0. The van der Waals surface area contributed by atoms with Crippen molar-refractivity contribution in [2.75, 3.05) is 13.1 Å². The van der Waals surface area contributed by atoms with Crippen LogP contribution >= 0.6 is 11.3 Å². The summed E-state index contributed by atoms with van der Waals surface area (Å²) in [5.74, 6) is 0. The highest BCUT2D eigenvalue weighted by molar-refractivity contribution is 7.91. The Balaban J connectivity index is 1.71. The van der Waals surface area contributed by atoms with E-state index in [0.29, 0.717) is 17.3 Å². The van der Waals surface area contributed by atoms with Crippen LogP contribution in [0.3, 0.4) is 0 Å². The first-order valence-electron chi connectivity index (χ1n) is 6.07. The van der Waals surface area contributed by atoms with E-state index in [4.69, 9.17) is 0 Å². The molecule has 1 aliphatic rings. The quantitative estimate of drug-likeness (QED) is 0.858. The highest BCUT2D eigenvalue weighted by Gasteiger charge is 2.30. The average molecular weight is 298 g/mol. The number of aromatic nitrogens is 3. The van der Waals surface area contributed by atoms with Crippen molar-refractivity contribution < 1.29 is 8.42 Å². The van der Waals surface area contributed by atoms with Crippen molar-refractivity contribution in [3.63, 3.8) is 0 Å². The SMILES string of the molecule is O=S(=O)(c1cccs1)N1CCC(n2nccn2)CC1. The Bertz CT molecular complexity index is 614. The fraction of sp³-hybridized carbons (Fsp3) is 0.455. The highest BCUT2D eigenvalue weighted by Crippen LogP contribution is 2.27. The number of hydrogen-bond acceptors (Lipinski definition) is 5. The van der Waals surface area contributed by atoms with Crippen LogP contribution in [0.2, 0.25) is 0 Å². The number of nitrogens with zero attached hydrogens (tertiary/aromatic N) is 4. The largest absolute Gasteiger partial charge is 0.252 e. The van der Waals surface area contributed by atoms with Gasteiger partial charge in [0.15, 0.2) is 0 Å². The molecule has 2 aromatic heterocycles. The number of sulfonamides is 1. The van der Waals surface area contributed by atoms with Crippen LogP contribution in [-0.4, -0.2) is 40.8 Å². The van der Waals surface area contributed by atoms with Crippen LogP contribution in [0.4, 0.5) is 0 Å². The van der Waals surface area contributed by atoms with E-state index in [1.165, 1.54) is 11.3 Å². The zero-order chi connectivity index (χ0) is 13.3. The summed E-state index contributed by atoms with van der Waals surface area (Å²) in [6.07, 6.45) is 4.79. The minimum absolute atomic E-state index is 0.199. The molecule has 8 heteroatoms. The molecule has 0 radical (unpaired) electrons. The molecule has 0 saturated carbocycles. The van der Waals surface area contributed by atoms with Gasteiger partial charge in [-0.05, 0) is 24.3 Å².